The maximum Gasteiger partial charge on any atom is 0.254 e. The van der Waals surface area contributed by atoms with E-state index in [4.69, 9.17) is 6.42 Å². The highest BCUT2D eigenvalue weighted by molar-refractivity contribution is 6.04. The third-order valence-electron chi connectivity index (χ3n) is 3.47. The molecule has 0 saturated carbocycles. The first kappa shape index (κ1) is 18.7. The predicted octanol–water partition coefficient (Wildman–Crippen LogP) is 1.81. The molecular weight excluding hydrogens is 330 g/mol. The minimum absolute atomic E-state index is 0.0822. The molecule has 132 valence electrons. The Morgan fingerprint density at radius 3 is 2.31 bits per heavy atom. The van der Waals surface area contributed by atoms with Crippen LogP contribution in [0.25, 0.3) is 0 Å². The minimum atomic E-state index is -0.365. The third kappa shape index (κ3) is 5.49. The second-order valence-electron chi connectivity index (χ2n) is 5.35. The number of rotatable bonds is 7. The van der Waals surface area contributed by atoms with E-state index in [9.17, 15) is 14.4 Å². The molecule has 0 aromatic heterocycles. The highest BCUT2D eigenvalue weighted by Gasteiger charge is 2.12. The lowest BCUT2D eigenvalue weighted by atomic mass is 10.1. The average molecular weight is 349 g/mol. The molecule has 0 aliphatic carbocycles. The van der Waals surface area contributed by atoms with Crippen LogP contribution >= 0.6 is 0 Å². The molecule has 3 N–H and O–H groups in total. The van der Waals surface area contributed by atoms with Crippen molar-refractivity contribution in [2.75, 3.05) is 18.4 Å². The summed E-state index contributed by atoms with van der Waals surface area (Å²) in [6.45, 7) is 0.289. The minimum Gasteiger partial charge on any atom is -0.352 e. The highest BCUT2D eigenvalue weighted by Crippen LogP contribution is 2.15. The lowest BCUT2D eigenvalue weighted by molar-refractivity contribution is -0.116. The highest BCUT2D eigenvalue weighted by atomic mass is 16.2. The number of hydrogen-bond acceptors (Lipinski definition) is 3. The molecule has 6 nitrogen and oxygen atoms in total. The van der Waals surface area contributed by atoms with Gasteiger partial charge < -0.3 is 16.0 Å². The van der Waals surface area contributed by atoms with Crippen LogP contribution in [0.15, 0.2) is 54.6 Å². The monoisotopic (exact) mass is 349 g/mol. The van der Waals surface area contributed by atoms with E-state index >= 15 is 0 Å². The predicted molar refractivity (Wildman–Crippen MR) is 99.6 cm³/mol. The number of terminal acetylenes is 1. The van der Waals surface area contributed by atoms with E-state index in [0.29, 0.717) is 16.8 Å². The molecule has 0 spiro atoms. The summed E-state index contributed by atoms with van der Waals surface area (Å²) in [4.78, 5) is 36.1. The van der Waals surface area contributed by atoms with Crippen LogP contribution in [0, 0.1) is 12.3 Å². The summed E-state index contributed by atoms with van der Waals surface area (Å²) < 4.78 is 0. The van der Waals surface area contributed by atoms with Crippen molar-refractivity contribution in [2.45, 2.75) is 6.42 Å². The second-order valence-corrected chi connectivity index (χ2v) is 5.35. The summed E-state index contributed by atoms with van der Waals surface area (Å²) in [6.07, 6.45) is 5.21. The Morgan fingerprint density at radius 2 is 1.58 bits per heavy atom. The van der Waals surface area contributed by atoms with Gasteiger partial charge in [0.15, 0.2) is 0 Å². The number of para-hydroxylation sites is 1. The van der Waals surface area contributed by atoms with Crippen molar-refractivity contribution in [1.82, 2.24) is 10.6 Å². The molecule has 0 atom stereocenters. The third-order valence-corrected chi connectivity index (χ3v) is 3.47. The molecule has 0 aliphatic heterocycles. The fraction of sp³-hybridized carbons (Fsp3) is 0.150. The lowest BCUT2D eigenvalue weighted by Crippen LogP contribution is -2.28. The van der Waals surface area contributed by atoms with Crippen molar-refractivity contribution < 1.29 is 14.4 Å². The Bertz CT molecular complexity index is 826. The maximum atomic E-state index is 12.1. The van der Waals surface area contributed by atoms with Crippen LogP contribution in [0.4, 0.5) is 5.69 Å². The number of anilines is 1. The number of carbonyl (C=O) groups is 3. The zero-order chi connectivity index (χ0) is 18.8. The topological polar surface area (TPSA) is 87.3 Å². The van der Waals surface area contributed by atoms with Crippen molar-refractivity contribution in [3.8, 4) is 12.3 Å². The summed E-state index contributed by atoms with van der Waals surface area (Å²) >= 11 is 0. The van der Waals surface area contributed by atoms with E-state index in [-0.39, 0.29) is 37.2 Å². The SMILES string of the molecule is C#CCNC(=O)c1ccccc1NC(=O)CCNC(=O)c1ccccc1. The van der Waals surface area contributed by atoms with Gasteiger partial charge in [-0.3, -0.25) is 14.4 Å². The number of nitrogens with one attached hydrogen (secondary N) is 3. The molecule has 0 bridgehead atoms. The summed E-state index contributed by atoms with van der Waals surface area (Å²) in [6, 6.07) is 15.4. The van der Waals surface area contributed by atoms with Gasteiger partial charge in [-0.1, -0.05) is 36.3 Å². The van der Waals surface area contributed by atoms with Gasteiger partial charge in [0.05, 0.1) is 17.8 Å². The molecule has 0 radical (unpaired) electrons. The zero-order valence-electron chi connectivity index (χ0n) is 14.1. The van der Waals surface area contributed by atoms with Gasteiger partial charge in [0, 0.05) is 18.5 Å². The van der Waals surface area contributed by atoms with E-state index in [1.807, 2.05) is 6.07 Å². The average Bonchev–Trinajstić information content (AvgIpc) is 2.67. The van der Waals surface area contributed by atoms with Gasteiger partial charge in [0.1, 0.15) is 0 Å². The molecular formula is C20H19N3O3. The Balaban J connectivity index is 1.87. The largest absolute Gasteiger partial charge is 0.352 e. The van der Waals surface area contributed by atoms with Crippen molar-refractivity contribution in [2.24, 2.45) is 0 Å². The van der Waals surface area contributed by atoms with Crippen LogP contribution in [-0.4, -0.2) is 30.8 Å². The van der Waals surface area contributed by atoms with Gasteiger partial charge in [-0.25, -0.2) is 0 Å². The first-order valence-corrected chi connectivity index (χ1v) is 8.05. The van der Waals surface area contributed by atoms with Crippen LogP contribution in [0.1, 0.15) is 27.1 Å². The Hall–Kier alpha value is -3.59. The molecule has 2 aromatic carbocycles. The van der Waals surface area contributed by atoms with Crippen molar-refractivity contribution >= 4 is 23.4 Å². The summed E-state index contributed by atoms with van der Waals surface area (Å²) in [5.41, 5.74) is 1.24. The van der Waals surface area contributed by atoms with Crippen molar-refractivity contribution in [3.63, 3.8) is 0 Å². The standard InChI is InChI=1S/C20H19N3O3/c1-2-13-21-20(26)16-10-6-7-11-17(16)23-18(24)12-14-22-19(25)15-8-4-3-5-9-15/h1,3-11H,12-14H2,(H,21,26)(H,22,25)(H,23,24). The summed E-state index contributed by atoms with van der Waals surface area (Å²) in [5.74, 6) is 1.40. The van der Waals surface area contributed by atoms with Crippen LogP contribution in [0.3, 0.4) is 0 Å². The first-order valence-electron chi connectivity index (χ1n) is 8.05. The second kappa shape index (κ2) is 9.64. The van der Waals surface area contributed by atoms with Crippen LogP contribution in [0.5, 0.6) is 0 Å². The van der Waals surface area contributed by atoms with Gasteiger partial charge in [-0.15, -0.1) is 6.42 Å². The van der Waals surface area contributed by atoms with Gasteiger partial charge in [0.2, 0.25) is 5.91 Å². The normalized spacial score (nSPS) is 9.65. The Morgan fingerprint density at radius 1 is 0.885 bits per heavy atom. The molecule has 0 unspecified atom stereocenters. The van der Waals surface area contributed by atoms with Gasteiger partial charge in [-0.05, 0) is 24.3 Å². The van der Waals surface area contributed by atoms with Crippen LogP contribution in [0.2, 0.25) is 0 Å². The molecule has 2 rings (SSSR count). The van der Waals surface area contributed by atoms with E-state index in [0.717, 1.165) is 0 Å². The lowest BCUT2D eigenvalue weighted by Gasteiger charge is -2.11. The van der Waals surface area contributed by atoms with E-state index in [1.165, 1.54) is 0 Å². The molecule has 0 aliphatic rings. The fourth-order valence-corrected chi connectivity index (χ4v) is 2.21. The van der Waals surface area contributed by atoms with Crippen LogP contribution in [-0.2, 0) is 4.79 Å². The summed E-state index contributed by atoms with van der Waals surface area (Å²) in [7, 11) is 0. The quantitative estimate of drug-likeness (QED) is 0.666. The smallest absolute Gasteiger partial charge is 0.254 e. The van der Waals surface area contributed by atoms with Gasteiger partial charge in [-0.2, -0.15) is 0 Å². The first-order chi connectivity index (χ1) is 12.6. The molecule has 0 heterocycles. The molecule has 6 heteroatoms. The number of benzene rings is 2. The molecule has 26 heavy (non-hydrogen) atoms. The van der Waals surface area contributed by atoms with Gasteiger partial charge >= 0.3 is 0 Å². The Kier molecular flexibility index (Phi) is 6.95. The van der Waals surface area contributed by atoms with E-state index < -0.39 is 0 Å². The number of amides is 3. The molecule has 2 aromatic rings. The van der Waals surface area contributed by atoms with E-state index in [1.54, 1.807) is 48.5 Å². The summed E-state index contributed by atoms with van der Waals surface area (Å²) in [5, 5.41) is 7.91. The maximum absolute atomic E-state index is 12.1. The number of carbonyl (C=O) groups excluding carboxylic acids is 3. The molecule has 3 amide bonds. The zero-order valence-corrected chi connectivity index (χ0v) is 14.1. The van der Waals surface area contributed by atoms with Crippen molar-refractivity contribution in [1.29, 1.82) is 0 Å². The van der Waals surface area contributed by atoms with E-state index in [2.05, 4.69) is 21.9 Å². The number of hydrogen-bond donors (Lipinski definition) is 3. The molecule has 0 saturated heterocycles. The fourth-order valence-electron chi connectivity index (χ4n) is 2.21. The van der Waals surface area contributed by atoms with Gasteiger partial charge in [0.25, 0.3) is 11.8 Å². The molecule has 0 fully saturated rings. The Labute approximate surface area is 152 Å². The van der Waals surface area contributed by atoms with Crippen LogP contribution < -0.4 is 16.0 Å². The van der Waals surface area contributed by atoms with Crippen molar-refractivity contribution in [3.05, 3.63) is 65.7 Å².